The first kappa shape index (κ1) is 9.33. The lowest BCUT2D eigenvalue weighted by atomic mass is 10.00. The van der Waals surface area contributed by atoms with Crippen LogP contribution in [-0.2, 0) is 9.53 Å². The maximum absolute atomic E-state index is 12.0. The molecule has 4 heteroatoms. The molecule has 0 spiro atoms. The molecule has 2 atom stereocenters. The third kappa shape index (κ3) is 1.47. The van der Waals surface area contributed by atoms with Crippen molar-refractivity contribution in [2.75, 3.05) is 13.2 Å². The van der Waals surface area contributed by atoms with Crippen LogP contribution < -0.4 is 0 Å². The van der Waals surface area contributed by atoms with Crippen LogP contribution in [0.2, 0.25) is 0 Å². The zero-order chi connectivity index (χ0) is 10.4. The van der Waals surface area contributed by atoms with E-state index in [0.29, 0.717) is 19.1 Å². The molecule has 82 valence electrons. The van der Waals surface area contributed by atoms with Gasteiger partial charge >= 0.3 is 0 Å². The van der Waals surface area contributed by atoms with Crippen molar-refractivity contribution in [1.29, 1.82) is 0 Å². The van der Waals surface area contributed by atoms with Gasteiger partial charge in [-0.15, -0.1) is 0 Å². The normalized spacial score (nSPS) is 32.6. The number of hydrogen-bond donors (Lipinski definition) is 0. The molecule has 0 radical (unpaired) electrons. The summed E-state index contributed by atoms with van der Waals surface area (Å²) in [6, 6.07) is 0.288. The van der Waals surface area contributed by atoms with E-state index in [4.69, 9.17) is 4.74 Å². The summed E-state index contributed by atoms with van der Waals surface area (Å²) in [6.45, 7) is 3.36. The smallest absolute Gasteiger partial charge is 0.254 e. The summed E-state index contributed by atoms with van der Waals surface area (Å²) >= 11 is 0. The number of hydrogen-bond acceptors (Lipinski definition) is 3. The molecule has 3 aliphatic rings. The van der Waals surface area contributed by atoms with Crippen LogP contribution in [0.15, 0.2) is 5.10 Å². The van der Waals surface area contributed by atoms with Crippen molar-refractivity contribution in [2.45, 2.75) is 32.2 Å². The SMILES string of the molecule is CC(C1CC1)N1N=C2CCOCC2C1=O. The van der Waals surface area contributed by atoms with E-state index in [9.17, 15) is 4.79 Å². The molecule has 1 amide bonds. The number of ether oxygens (including phenoxy) is 1. The second kappa shape index (κ2) is 3.30. The van der Waals surface area contributed by atoms with Gasteiger partial charge in [-0.2, -0.15) is 5.10 Å². The third-order valence-corrected chi connectivity index (χ3v) is 3.64. The van der Waals surface area contributed by atoms with Crippen molar-refractivity contribution in [3.05, 3.63) is 0 Å². The average Bonchev–Trinajstić information content (AvgIpc) is 3.04. The molecule has 15 heavy (non-hydrogen) atoms. The highest BCUT2D eigenvalue weighted by atomic mass is 16.5. The number of nitrogens with zero attached hydrogens (tertiary/aromatic N) is 2. The van der Waals surface area contributed by atoms with Gasteiger partial charge in [0.2, 0.25) is 0 Å². The largest absolute Gasteiger partial charge is 0.380 e. The summed E-state index contributed by atoms with van der Waals surface area (Å²) < 4.78 is 5.33. The van der Waals surface area contributed by atoms with Crippen LogP contribution in [0.3, 0.4) is 0 Å². The molecule has 4 nitrogen and oxygen atoms in total. The van der Waals surface area contributed by atoms with Gasteiger partial charge in [0.15, 0.2) is 0 Å². The van der Waals surface area contributed by atoms with E-state index >= 15 is 0 Å². The van der Waals surface area contributed by atoms with Crippen LogP contribution in [0.1, 0.15) is 26.2 Å². The van der Waals surface area contributed by atoms with Crippen molar-refractivity contribution >= 4 is 11.6 Å². The van der Waals surface area contributed by atoms with Gasteiger partial charge in [-0.1, -0.05) is 0 Å². The minimum absolute atomic E-state index is 0.0695. The summed E-state index contributed by atoms with van der Waals surface area (Å²) in [5.74, 6) is 0.767. The first-order chi connectivity index (χ1) is 7.27. The summed E-state index contributed by atoms with van der Waals surface area (Å²) in [5.41, 5.74) is 1.04. The fourth-order valence-electron chi connectivity index (χ4n) is 2.40. The quantitative estimate of drug-likeness (QED) is 0.680. The van der Waals surface area contributed by atoms with E-state index in [1.54, 1.807) is 5.01 Å². The predicted octanol–water partition coefficient (Wildman–Crippen LogP) is 1.02. The van der Waals surface area contributed by atoms with E-state index in [2.05, 4.69) is 12.0 Å². The number of rotatable bonds is 2. The highest BCUT2D eigenvalue weighted by Crippen LogP contribution is 2.37. The minimum atomic E-state index is -0.0695. The van der Waals surface area contributed by atoms with E-state index < -0.39 is 0 Å². The molecular weight excluding hydrogens is 192 g/mol. The maximum atomic E-state index is 12.0. The summed E-state index contributed by atoms with van der Waals surface area (Å²) in [7, 11) is 0. The van der Waals surface area contributed by atoms with Crippen molar-refractivity contribution in [2.24, 2.45) is 16.9 Å². The zero-order valence-corrected chi connectivity index (χ0v) is 8.98. The van der Waals surface area contributed by atoms with Gasteiger partial charge in [-0.05, 0) is 25.7 Å². The monoisotopic (exact) mass is 208 g/mol. The lowest BCUT2D eigenvalue weighted by Crippen LogP contribution is -2.38. The lowest BCUT2D eigenvalue weighted by Gasteiger charge is -2.21. The average molecular weight is 208 g/mol. The Morgan fingerprint density at radius 3 is 3.00 bits per heavy atom. The highest BCUT2D eigenvalue weighted by Gasteiger charge is 2.43. The van der Waals surface area contributed by atoms with Gasteiger partial charge < -0.3 is 4.74 Å². The molecule has 0 aromatic carbocycles. The number of carbonyl (C=O) groups excluding carboxylic acids is 1. The number of carbonyl (C=O) groups is 1. The van der Waals surface area contributed by atoms with Crippen LogP contribution >= 0.6 is 0 Å². The third-order valence-electron chi connectivity index (χ3n) is 3.64. The highest BCUT2D eigenvalue weighted by molar-refractivity contribution is 6.08. The summed E-state index contributed by atoms with van der Waals surface area (Å²) in [6.07, 6.45) is 3.32. The molecule has 1 aliphatic carbocycles. The summed E-state index contributed by atoms with van der Waals surface area (Å²) in [5, 5.41) is 6.19. The zero-order valence-electron chi connectivity index (χ0n) is 8.98. The standard InChI is InChI=1S/C11H16N2O2/c1-7(8-2-3-8)13-11(14)9-6-15-5-4-10(9)12-13/h7-9H,2-6H2,1H3. The van der Waals surface area contributed by atoms with Crippen molar-refractivity contribution in [1.82, 2.24) is 5.01 Å². The first-order valence-electron chi connectivity index (χ1n) is 5.75. The molecule has 1 saturated carbocycles. The van der Waals surface area contributed by atoms with Gasteiger partial charge in [0.1, 0.15) is 5.92 Å². The molecule has 2 unspecified atom stereocenters. The minimum Gasteiger partial charge on any atom is -0.380 e. The lowest BCUT2D eigenvalue weighted by molar-refractivity contribution is -0.135. The van der Waals surface area contributed by atoms with Gasteiger partial charge in [-0.3, -0.25) is 4.79 Å². The van der Waals surface area contributed by atoms with Gasteiger partial charge in [0, 0.05) is 6.42 Å². The van der Waals surface area contributed by atoms with Crippen molar-refractivity contribution in [3.63, 3.8) is 0 Å². The topological polar surface area (TPSA) is 41.9 Å². The van der Waals surface area contributed by atoms with E-state index in [-0.39, 0.29) is 17.9 Å². The van der Waals surface area contributed by atoms with Crippen LogP contribution in [0.4, 0.5) is 0 Å². The fraction of sp³-hybridized carbons (Fsp3) is 0.818. The Bertz CT molecular complexity index is 323. The maximum Gasteiger partial charge on any atom is 0.254 e. The molecule has 2 aliphatic heterocycles. The number of hydrazone groups is 1. The van der Waals surface area contributed by atoms with Crippen LogP contribution in [0.25, 0.3) is 0 Å². The fourth-order valence-corrected chi connectivity index (χ4v) is 2.40. The Morgan fingerprint density at radius 2 is 2.33 bits per heavy atom. The Balaban J connectivity index is 1.79. The summed E-state index contributed by atoms with van der Waals surface area (Å²) in [4.78, 5) is 12.0. The number of amides is 1. The van der Waals surface area contributed by atoms with Crippen LogP contribution in [-0.4, -0.2) is 35.9 Å². The van der Waals surface area contributed by atoms with E-state index in [1.165, 1.54) is 12.8 Å². The predicted molar refractivity (Wildman–Crippen MR) is 55.4 cm³/mol. The van der Waals surface area contributed by atoms with E-state index in [1.807, 2.05) is 0 Å². The van der Waals surface area contributed by atoms with Crippen LogP contribution in [0.5, 0.6) is 0 Å². The molecule has 2 heterocycles. The molecular formula is C11H16N2O2. The Labute approximate surface area is 89.3 Å². The molecule has 0 aromatic heterocycles. The van der Waals surface area contributed by atoms with Crippen molar-refractivity contribution < 1.29 is 9.53 Å². The Morgan fingerprint density at radius 1 is 1.53 bits per heavy atom. The second-order valence-electron chi connectivity index (χ2n) is 4.73. The van der Waals surface area contributed by atoms with Gasteiger partial charge in [-0.25, -0.2) is 5.01 Å². The molecule has 0 N–H and O–H groups in total. The molecule has 0 bridgehead atoms. The molecule has 0 aromatic rings. The van der Waals surface area contributed by atoms with E-state index in [0.717, 1.165) is 12.1 Å². The van der Waals surface area contributed by atoms with Crippen molar-refractivity contribution in [3.8, 4) is 0 Å². The van der Waals surface area contributed by atoms with Crippen LogP contribution in [0, 0.1) is 11.8 Å². The second-order valence-corrected chi connectivity index (χ2v) is 4.73. The Kier molecular flexibility index (Phi) is 2.06. The Hall–Kier alpha value is -0.900. The first-order valence-corrected chi connectivity index (χ1v) is 5.75. The van der Waals surface area contributed by atoms with Gasteiger partial charge in [0.05, 0.1) is 25.0 Å². The molecule has 2 fully saturated rings. The molecule has 3 rings (SSSR count). The van der Waals surface area contributed by atoms with Gasteiger partial charge in [0.25, 0.3) is 5.91 Å². The molecule has 1 saturated heterocycles. The number of fused-ring (bicyclic) bond motifs is 1.